The van der Waals surface area contributed by atoms with Crippen LogP contribution < -0.4 is 10.7 Å². The van der Waals surface area contributed by atoms with Crippen molar-refractivity contribution in [2.75, 3.05) is 4.90 Å². The number of nitrogens with zero attached hydrogens (tertiary/aromatic N) is 3. The number of benzene rings is 2. The average Bonchev–Trinajstić information content (AvgIpc) is 3.37. The minimum absolute atomic E-state index is 0.0691. The van der Waals surface area contributed by atoms with Crippen molar-refractivity contribution in [3.63, 3.8) is 0 Å². The summed E-state index contributed by atoms with van der Waals surface area (Å²) in [4.78, 5) is 42.5. The second-order valence-corrected chi connectivity index (χ2v) is 7.91. The summed E-state index contributed by atoms with van der Waals surface area (Å²) in [6.45, 7) is 3.20. The van der Waals surface area contributed by atoms with Gasteiger partial charge in [-0.1, -0.05) is 31.2 Å². The number of fused-ring (bicyclic) bond motifs is 1. The molecule has 1 amide bonds. The van der Waals surface area contributed by atoms with Gasteiger partial charge < -0.3 is 9.15 Å². The van der Waals surface area contributed by atoms with E-state index in [0.717, 1.165) is 12.1 Å². The number of ether oxygens (including phenoxy) is 1. The molecule has 164 valence electrons. The van der Waals surface area contributed by atoms with Gasteiger partial charge >= 0.3 is 11.7 Å². The number of para-hydroxylation sites is 2. The topological polar surface area (TPSA) is 94.6 Å². The average molecular weight is 452 g/mol. The number of oxazole rings is 1. The van der Waals surface area contributed by atoms with Crippen molar-refractivity contribution in [2.45, 2.75) is 33.4 Å². The highest BCUT2D eigenvalue weighted by Crippen LogP contribution is 2.29. The molecule has 0 aliphatic rings. The Morgan fingerprint density at radius 1 is 1.16 bits per heavy atom. The van der Waals surface area contributed by atoms with E-state index in [1.54, 1.807) is 29.6 Å². The summed E-state index contributed by atoms with van der Waals surface area (Å²) in [6, 6.07) is 14.6. The van der Waals surface area contributed by atoms with Gasteiger partial charge in [0.2, 0.25) is 5.91 Å². The molecule has 0 unspecified atom stereocenters. The van der Waals surface area contributed by atoms with Crippen LogP contribution in [-0.4, -0.2) is 21.4 Å². The maximum absolute atomic E-state index is 12.3. The van der Waals surface area contributed by atoms with Crippen LogP contribution in [0.5, 0.6) is 0 Å². The number of thiazole rings is 1. The van der Waals surface area contributed by atoms with Crippen molar-refractivity contribution in [3.8, 4) is 0 Å². The van der Waals surface area contributed by atoms with Gasteiger partial charge in [0, 0.05) is 12.3 Å². The van der Waals surface area contributed by atoms with Crippen molar-refractivity contribution in [1.29, 1.82) is 0 Å². The Morgan fingerprint density at radius 2 is 1.91 bits per heavy atom. The van der Waals surface area contributed by atoms with Crippen molar-refractivity contribution in [2.24, 2.45) is 0 Å². The molecule has 32 heavy (non-hydrogen) atoms. The van der Waals surface area contributed by atoms with Crippen molar-refractivity contribution in [3.05, 3.63) is 75.7 Å². The van der Waals surface area contributed by atoms with Gasteiger partial charge in [-0.05, 0) is 36.2 Å². The molecule has 0 saturated heterocycles. The second kappa shape index (κ2) is 9.19. The number of hydrogen-bond acceptors (Lipinski definition) is 7. The van der Waals surface area contributed by atoms with Crippen molar-refractivity contribution < 1.29 is 18.7 Å². The molecule has 0 atom stereocenters. The number of rotatable bonds is 7. The van der Waals surface area contributed by atoms with Crippen LogP contribution in [0.3, 0.4) is 0 Å². The van der Waals surface area contributed by atoms with Crippen molar-refractivity contribution >= 4 is 45.1 Å². The fourth-order valence-corrected chi connectivity index (χ4v) is 4.14. The molecule has 0 fully saturated rings. The van der Waals surface area contributed by atoms with Gasteiger partial charge in [-0.15, -0.1) is 11.3 Å². The fourth-order valence-electron chi connectivity index (χ4n) is 3.27. The van der Waals surface area contributed by atoms with Crippen LogP contribution in [0, 0.1) is 0 Å². The Labute approximate surface area is 187 Å². The zero-order valence-electron chi connectivity index (χ0n) is 17.6. The summed E-state index contributed by atoms with van der Waals surface area (Å²) in [5.74, 6) is -1.38. The summed E-state index contributed by atoms with van der Waals surface area (Å²) in [6.07, 6.45) is 0.911. The number of amides is 1. The third-order valence-electron chi connectivity index (χ3n) is 4.89. The number of carbonyl (C=O) groups is 2. The van der Waals surface area contributed by atoms with Crippen LogP contribution in [0.2, 0.25) is 0 Å². The van der Waals surface area contributed by atoms with Gasteiger partial charge in [0.05, 0.1) is 16.9 Å². The van der Waals surface area contributed by atoms with E-state index in [1.165, 1.54) is 33.3 Å². The maximum atomic E-state index is 12.3. The van der Waals surface area contributed by atoms with E-state index in [4.69, 9.17) is 9.15 Å². The van der Waals surface area contributed by atoms with Crippen LogP contribution in [0.1, 0.15) is 25.1 Å². The number of carbonyl (C=O) groups excluding carboxylic acids is 2. The second-order valence-electron chi connectivity index (χ2n) is 7.08. The zero-order chi connectivity index (χ0) is 22.7. The van der Waals surface area contributed by atoms with E-state index >= 15 is 0 Å². The monoisotopic (exact) mass is 451 g/mol. The van der Waals surface area contributed by atoms with Gasteiger partial charge in [-0.3, -0.25) is 19.1 Å². The predicted octanol–water partition coefficient (Wildman–Crippen LogP) is 4.04. The number of aryl methyl sites for hydroxylation is 1. The smallest absolute Gasteiger partial charge is 0.420 e. The Bertz CT molecular complexity index is 1320. The van der Waals surface area contributed by atoms with Gasteiger partial charge in [0.1, 0.15) is 13.2 Å². The Balaban J connectivity index is 1.44. The Hall–Kier alpha value is -3.72. The molecule has 2 heterocycles. The molecule has 2 aromatic carbocycles. The van der Waals surface area contributed by atoms with E-state index in [9.17, 15) is 14.4 Å². The van der Waals surface area contributed by atoms with E-state index in [1.807, 2.05) is 24.3 Å². The van der Waals surface area contributed by atoms with Crippen LogP contribution in [0.25, 0.3) is 11.1 Å². The molecule has 4 rings (SSSR count). The van der Waals surface area contributed by atoms with Gasteiger partial charge in [-0.2, -0.15) is 0 Å². The number of anilines is 2. The molecule has 9 heteroatoms. The largest absolute Gasteiger partial charge is 0.458 e. The molecule has 0 aliphatic heterocycles. The minimum Gasteiger partial charge on any atom is -0.458 e. The molecule has 2 aromatic heterocycles. The molecular formula is C23H21N3O5S. The molecule has 0 N–H and O–H groups in total. The summed E-state index contributed by atoms with van der Waals surface area (Å²) < 4.78 is 11.6. The lowest BCUT2D eigenvalue weighted by Crippen LogP contribution is -2.23. The number of hydrogen-bond donors (Lipinski definition) is 0. The number of esters is 1. The minimum atomic E-state index is -0.620. The first kappa shape index (κ1) is 21.5. The zero-order valence-corrected chi connectivity index (χ0v) is 18.4. The Kier molecular flexibility index (Phi) is 6.18. The van der Waals surface area contributed by atoms with Crippen LogP contribution in [0.4, 0.5) is 10.8 Å². The van der Waals surface area contributed by atoms with Crippen LogP contribution in [-0.2, 0) is 33.9 Å². The highest BCUT2D eigenvalue weighted by atomic mass is 32.1. The van der Waals surface area contributed by atoms with E-state index in [-0.39, 0.29) is 19.1 Å². The lowest BCUT2D eigenvalue weighted by Gasteiger charge is -2.18. The summed E-state index contributed by atoms with van der Waals surface area (Å²) in [5.41, 5.74) is 3.34. The summed E-state index contributed by atoms with van der Waals surface area (Å²) >= 11 is 1.28. The fraction of sp³-hybridized carbons (Fsp3) is 0.217. The molecule has 8 nitrogen and oxygen atoms in total. The lowest BCUT2D eigenvalue weighted by atomic mass is 10.1. The summed E-state index contributed by atoms with van der Waals surface area (Å²) in [7, 11) is 0. The first-order chi connectivity index (χ1) is 15.5. The Morgan fingerprint density at radius 3 is 2.62 bits per heavy atom. The molecule has 4 aromatic rings. The SMILES string of the molecule is CCc1ccc(N(C(C)=O)c2nc(COC(=O)Cn3c(=O)oc4ccccc43)cs2)cc1. The molecule has 0 spiro atoms. The van der Waals surface area contributed by atoms with Crippen LogP contribution >= 0.6 is 11.3 Å². The van der Waals surface area contributed by atoms with Crippen LogP contribution in [0.15, 0.2) is 63.1 Å². The van der Waals surface area contributed by atoms with Gasteiger partial charge in [0.25, 0.3) is 0 Å². The van der Waals surface area contributed by atoms with Crippen molar-refractivity contribution in [1.82, 2.24) is 9.55 Å². The lowest BCUT2D eigenvalue weighted by molar-refractivity contribution is -0.145. The highest BCUT2D eigenvalue weighted by Gasteiger charge is 2.19. The first-order valence-electron chi connectivity index (χ1n) is 10.0. The van der Waals surface area contributed by atoms with Gasteiger partial charge in [0.15, 0.2) is 10.7 Å². The summed E-state index contributed by atoms with van der Waals surface area (Å²) in [5, 5.41) is 2.23. The molecule has 0 bridgehead atoms. The molecule has 0 aliphatic carbocycles. The third kappa shape index (κ3) is 4.47. The quantitative estimate of drug-likeness (QED) is 0.394. The van der Waals surface area contributed by atoms with E-state index < -0.39 is 11.7 Å². The van der Waals surface area contributed by atoms with E-state index in [2.05, 4.69) is 11.9 Å². The predicted molar refractivity (Wildman–Crippen MR) is 121 cm³/mol. The van der Waals surface area contributed by atoms with Gasteiger partial charge in [-0.25, -0.2) is 9.78 Å². The maximum Gasteiger partial charge on any atom is 0.420 e. The van der Waals surface area contributed by atoms with E-state index in [0.29, 0.717) is 21.9 Å². The molecular weight excluding hydrogens is 430 g/mol. The standard InChI is InChI=1S/C23H21N3O5S/c1-3-16-8-10-18(11-9-16)26(15(2)27)22-24-17(14-32-22)13-30-21(28)12-25-19-6-4-5-7-20(19)31-23(25)29/h4-11,14H,3,12-13H2,1-2H3. The third-order valence-corrected chi connectivity index (χ3v) is 5.77. The molecule has 0 saturated carbocycles. The normalized spacial score (nSPS) is 10.9. The molecule has 0 radical (unpaired) electrons. The highest BCUT2D eigenvalue weighted by molar-refractivity contribution is 7.14. The first-order valence-corrected chi connectivity index (χ1v) is 10.9. The number of aromatic nitrogens is 2.